The molecule has 1 atom stereocenters. The molecule has 0 spiro atoms. The average molecular weight is 558 g/mol. The smallest absolute Gasteiger partial charge is 0.257 e. The van der Waals surface area contributed by atoms with Crippen molar-refractivity contribution in [2.45, 2.75) is 80.7 Å². The van der Waals surface area contributed by atoms with Gasteiger partial charge in [0, 0.05) is 36.9 Å². The summed E-state index contributed by atoms with van der Waals surface area (Å²) in [5, 5.41) is 20.1. The van der Waals surface area contributed by atoms with Gasteiger partial charge in [-0.3, -0.25) is 9.59 Å². The van der Waals surface area contributed by atoms with Crippen LogP contribution in [0.5, 0.6) is 0 Å². The topological polar surface area (TPSA) is 97.3 Å². The number of carbonyl (C=O) groups is 2. The van der Waals surface area contributed by atoms with Crippen LogP contribution in [0.25, 0.3) is 0 Å². The first-order valence-electron chi connectivity index (χ1n) is 14.3. The number of nitrogens with zero attached hydrogens (tertiary/aromatic N) is 2. The SMILES string of the molecule is CC.CCCN(CC)CCc1ccc(NC(C)C=C(S/C=C(/C#N)CC(=O)NCC(C)C)C(=O)NCC)cc1. The Morgan fingerprint density at radius 2 is 1.72 bits per heavy atom. The Hall–Kier alpha value is -2.76. The Balaban J connectivity index is 0.00000704. The fraction of sp³-hybridized carbons (Fsp3) is 0.581. The molecule has 0 heterocycles. The monoisotopic (exact) mass is 557 g/mol. The highest BCUT2D eigenvalue weighted by Crippen LogP contribution is 2.22. The van der Waals surface area contributed by atoms with E-state index in [4.69, 9.17) is 0 Å². The van der Waals surface area contributed by atoms with E-state index in [0.29, 0.717) is 29.5 Å². The summed E-state index contributed by atoms with van der Waals surface area (Å²) in [6.07, 6.45) is 4.02. The number of carbonyl (C=O) groups excluding carboxylic acids is 2. The van der Waals surface area contributed by atoms with E-state index in [1.54, 1.807) is 5.41 Å². The lowest BCUT2D eigenvalue weighted by Gasteiger charge is -2.19. The summed E-state index contributed by atoms with van der Waals surface area (Å²) >= 11 is 1.17. The maximum absolute atomic E-state index is 12.7. The zero-order chi connectivity index (χ0) is 29.6. The van der Waals surface area contributed by atoms with E-state index in [-0.39, 0.29) is 24.3 Å². The summed E-state index contributed by atoms with van der Waals surface area (Å²) in [5.74, 6) is -0.0683. The molecule has 0 radical (unpaired) electrons. The lowest BCUT2D eigenvalue weighted by Crippen LogP contribution is -2.27. The Labute approximate surface area is 241 Å². The molecule has 8 heteroatoms. The minimum Gasteiger partial charge on any atom is -0.379 e. The maximum Gasteiger partial charge on any atom is 0.257 e. The number of hydrogen-bond acceptors (Lipinski definition) is 6. The second-order valence-electron chi connectivity index (χ2n) is 9.45. The molecule has 1 unspecified atom stereocenters. The molecule has 39 heavy (non-hydrogen) atoms. The Morgan fingerprint density at radius 3 is 2.26 bits per heavy atom. The van der Waals surface area contributed by atoms with Gasteiger partial charge in [0.2, 0.25) is 5.91 Å². The number of nitriles is 1. The zero-order valence-electron chi connectivity index (χ0n) is 25.4. The van der Waals surface area contributed by atoms with E-state index in [1.807, 2.05) is 47.6 Å². The van der Waals surface area contributed by atoms with Gasteiger partial charge < -0.3 is 20.9 Å². The van der Waals surface area contributed by atoms with Crippen molar-refractivity contribution in [3.63, 3.8) is 0 Å². The molecule has 1 aromatic rings. The van der Waals surface area contributed by atoms with Crippen molar-refractivity contribution in [2.75, 3.05) is 38.0 Å². The first-order chi connectivity index (χ1) is 18.7. The van der Waals surface area contributed by atoms with Crippen molar-refractivity contribution < 1.29 is 9.59 Å². The number of benzene rings is 1. The van der Waals surface area contributed by atoms with Gasteiger partial charge in [0.05, 0.1) is 17.4 Å². The van der Waals surface area contributed by atoms with E-state index >= 15 is 0 Å². The van der Waals surface area contributed by atoms with Crippen LogP contribution in [-0.2, 0) is 16.0 Å². The van der Waals surface area contributed by atoms with Crippen LogP contribution in [0.15, 0.2) is 46.2 Å². The van der Waals surface area contributed by atoms with Gasteiger partial charge in [0.1, 0.15) is 0 Å². The second kappa shape index (κ2) is 22.1. The van der Waals surface area contributed by atoms with Gasteiger partial charge in [-0.05, 0) is 74.9 Å². The normalized spacial score (nSPS) is 12.3. The van der Waals surface area contributed by atoms with E-state index < -0.39 is 0 Å². The molecular weight excluding hydrogens is 506 g/mol. The minimum atomic E-state index is -0.207. The molecule has 1 rings (SSSR count). The van der Waals surface area contributed by atoms with Crippen LogP contribution in [0.3, 0.4) is 0 Å². The number of thioether (sulfide) groups is 1. The van der Waals surface area contributed by atoms with Gasteiger partial charge in [0.15, 0.2) is 0 Å². The third kappa shape index (κ3) is 16.7. The Kier molecular flexibility index (Phi) is 20.5. The molecule has 1 aromatic carbocycles. The van der Waals surface area contributed by atoms with E-state index in [2.05, 4.69) is 65.0 Å². The van der Waals surface area contributed by atoms with Gasteiger partial charge in [-0.2, -0.15) is 5.26 Å². The molecule has 0 aromatic heterocycles. The van der Waals surface area contributed by atoms with Crippen molar-refractivity contribution in [3.8, 4) is 6.07 Å². The molecule has 3 N–H and O–H groups in total. The molecule has 0 aliphatic carbocycles. The largest absolute Gasteiger partial charge is 0.379 e. The van der Waals surface area contributed by atoms with Crippen molar-refractivity contribution in [3.05, 3.63) is 51.8 Å². The van der Waals surface area contributed by atoms with Crippen LogP contribution in [0.4, 0.5) is 5.69 Å². The average Bonchev–Trinajstić information content (AvgIpc) is 2.93. The van der Waals surface area contributed by atoms with Crippen LogP contribution in [0.2, 0.25) is 0 Å². The van der Waals surface area contributed by atoms with Crippen LogP contribution >= 0.6 is 11.8 Å². The summed E-state index contributed by atoms with van der Waals surface area (Å²) in [4.78, 5) is 27.7. The van der Waals surface area contributed by atoms with Crippen LogP contribution in [0.1, 0.15) is 73.8 Å². The molecule has 2 amide bonds. The highest BCUT2D eigenvalue weighted by molar-refractivity contribution is 8.06. The third-order valence-electron chi connectivity index (χ3n) is 5.54. The molecule has 0 aliphatic heterocycles. The van der Waals surface area contributed by atoms with Gasteiger partial charge >= 0.3 is 0 Å². The van der Waals surface area contributed by atoms with Crippen molar-refractivity contribution in [1.29, 1.82) is 5.26 Å². The van der Waals surface area contributed by atoms with Crippen LogP contribution in [-0.4, -0.2) is 55.5 Å². The predicted molar refractivity (Wildman–Crippen MR) is 168 cm³/mol. The number of rotatable bonds is 17. The second-order valence-corrected chi connectivity index (χ2v) is 10.4. The van der Waals surface area contributed by atoms with Crippen LogP contribution < -0.4 is 16.0 Å². The minimum absolute atomic E-state index is 0.00644. The molecule has 0 fully saturated rings. The van der Waals surface area contributed by atoms with E-state index in [9.17, 15) is 14.9 Å². The summed E-state index contributed by atoms with van der Waals surface area (Å²) < 4.78 is 0. The molecule has 218 valence electrons. The fourth-order valence-corrected chi connectivity index (χ4v) is 4.41. The highest BCUT2D eigenvalue weighted by atomic mass is 32.2. The van der Waals surface area contributed by atoms with Gasteiger partial charge in [0.25, 0.3) is 5.91 Å². The first kappa shape index (κ1) is 36.2. The molecule has 0 aliphatic rings. The van der Waals surface area contributed by atoms with E-state index in [1.165, 1.54) is 23.7 Å². The molecule has 7 nitrogen and oxygen atoms in total. The van der Waals surface area contributed by atoms with Crippen molar-refractivity contribution >= 4 is 29.3 Å². The van der Waals surface area contributed by atoms with Crippen LogP contribution in [0, 0.1) is 17.2 Å². The number of anilines is 1. The number of nitrogens with one attached hydrogen (secondary N) is 3. The van der Waals surface area contributed by atoms with Gasteiger partial charge in [-0.25, -0.2) is 0 Å². The van der Waals surface area contributed by atoms with Crippen molar-refractivity contribution in [1.82, 2.24) is 15.5 Å². The summed E-state index contributed by atoms with van der Waals surface area (Å²) in [7, 11) is 0. The molecule has 0 bridgehead atoms. The predicted octanol–water partition coefficient (Wildman–Crippen LogP) is 6.11. The standard InChI is InChI=1S/C29H45N5O2S.C2H6/c1-7-15-34(9-3)16-14-24-10-12-26(13-11-24)33-23(6)17-27(29(36)31-8-2)37-21-25(19-30)18-28(35)32-20-22(4)5;1-2/h10-13,17,21-23,33H,7-9,14-16,18,20H2,1-6H3,(H,31,36)(H,32,35);1-2H3/b25-21+,27-17?;. The summed E-state index contributed by atoms with van der Waals surface area (Å²) in [6.45, 7) is 20.6. The Morgan fingerprint density at radius 1 is 1.05 bits per heavy atom. The lowest BCUT2D eigenvalue weighted by molar-refractivity contribution is -0.120. The van der Waals surface area contributed by atoms with Crippen molar-refractivity contribution in [2.24, 2.45) is 5.92 Å². The highest BCUT2D eigenvalue weighted by Gasteiger charge is 2.13. The summed E-state index contributed by atoms with van der Waals surface area (Å²) in [6, 6.07) is 10.4. The lowest BCUT2D eigenvalue weighted by atomic mass is 10.1. The van der Waals surface area contributed by atoms with Gasteiger partial charge in [-0.1, -0.05) is 65.4 Å². The molecular formula is C31H51N5O2S. The summed E-state index contributed by atoms with van der Waals surface area (Å²) in [5.41, 5.74) is 2.59. The van der Waals surface area contributed by atoms with Gasteiger partial charge in [-0.15, -0.1) is 0 Å². The maximum atomic E-state index is 12.7. The molecule has 0 saturated heterocycles. The zero-order valence-corrected chi connectivity index (χ0v) is 26.2. The number of hydrogen-bond donors (Lipinski definition) is 3. The fourth-order valence-electron chi connectivity index (χ4n) is 3.54. The number of likely N-dealkylation sites (N-methyl/N-ethyl adjacent to an activating group) is 2. The third-order valence-corrected chi connectivity index (χ3v) is 6.52. The number of amides is 2. The molecule has 0 saturated carbocycles. The quantitative estimate of drug-likeness (QED) is 0.158. The van der Waals surface area contributed by atoms with E-state index in [0.717, 1.165) is 31.7 Å². The first-order valence-corrected chi connectivity index (χ1v) is 15.2. The Bertz CT molecular complexity index is 935.